The van der Waals surface area contributed by atoms with Crippen molar-refractivity contribution in [2.45, 2.75) is 4.90 Å². The normalized spacial score (nSPS) is 9.86. The van der Waals surface area contributed by atoms with Crippen LogP contribution in [0.5, 0.6) is 5.75 Å². The summed E-state index contributed by atoms with van der Waals surface area (Å²) in [5.41, 5.74) is 0.402. The summed E-state index contributed by atoms with van der Waals surface area (Å²) in [4.78, 5) is 24.0. The second-order valence-corrected chi connectivity index (χ2v) is 5.06. The molecule has 0 saturated carbocycles. The Labute approximate surface area is 132 Å². The lowest BCUT2D eigenvalue weighted by molar-refractivity contribution is -0.121. The van der Waals surface area contributed by atoms with Gasteiger partial charge in [-0.1, -0.05) is 30.3 Å². The first-order valence-electron chi connectivity index (χ1n) is 6.51. The molecule has 0 aliphatic rings. The van der Waals surface area contributed by atoms with Crippen LogP contribution in [0.25, 0.3) is 0 Å². The van der Waals surface area contributed by atoms with Crippen LogP contribution in [0.1, 0.15) is 10.4 Å². The van der Waals surface area contributed by atoms with Gasteiger partial charge in [0.2, 0.25) is 0 Å². The van der Waals surface area contributed by atoms with E-state index in [4.69, 9.17) is 9.47 Å². The van der Waals surface area contributed by atoms with E-state index >= 15 is 0 Å². The van der Waals surface area contributed by atoms with Crippen LogP contribution in [0.15, 0.2) is 59.5 Å². The summed E-state index contributed by atoms with van der Waals surface area (Å²) >= 11 is 1.05. The van der Waals surface area contributed by atoms with Crippen molar-refractivity contribution in [3.05, 3.63) is 60.2 Å². The first-order chi connectivity index (χ1) is 10.7. The quantitative estimate of drug-likeness (QED) is 0.655. The molecule has 0 unspecified atom stereocenters. The number of para-hydroxylation sites is 1. The van der Waals surface area contributed by atoms with E-state index in [0.29, 0.717) is 16.2 Å². The molecule has 22 heavy (non-hydrogen) atoms. The van der Waals surface area contributed by atoms with Gasteiger partial charge in [-0.2, -0.15) is 0 Å². The number of carbonyl (C=O) groups excluding carboxylic acids is 2. The Balaban J connectivity index is 1.87. The Kier molecular flexibility index (Phi) is 5.85. The molecule has 2 aromatic carbocycles. The summed E-state index contributed by atoms with van der Waals surface area (Å²) in [5, 5.41) is 0. The second kappa shape index (κ2) is 8.09. The second-order valence-electron chi connectivity index (χ2n) is 4.22. The van der Waals surface area contributed by atoms with Crippen LogP contribution in [-0.2, 0) is 9.53 Å². The van der Waals surface area contributed by atoms with Gasteiger partial charge in [0.05, 0.1) is 12.7 Å². The molecule has 0 atom stereocenters. The fourth-order valence-corrected chi connectivity index (χ4v) is 2.33. The largest absolute Gasteiger partial charge is 0.484 e. The zero-order chi connectivity index (χ0) is 15.8. The van der Waals surface area contributed by atoms with Crippen molar-refractivity contribution >= 4 is 23.8 Å². The van der Waals surface area contributed by atoms with Crippen molar-refractivity contribution in [2.75, 3.05) is 13.7 Å². The van der Waals surface area contributed by atoms with Gasteiger partial charge in [-0.3, -0.25) is 9.52 Å². The number of methoxy groups -OCH3 is 1. The van der Waals surface area contributed by atoms with Crippen molar-refractivity contribution in [3.8, 4) is 5.75 Å². The predicted molar refractivity (Wildman–Crippen MR) is 83.7 cm³/mol. The van der Waals surface area contributed by atoms with Gasteiger partial charge in [-0.25, -0.2) is 4.79 Å². The van der Waals surface area contributed by atoms with Crippen molar-refractivity contribution in [1.82, 2.24) is 4.72 Å². The average molecular weight is 317 g/mol. The van der Waals surface area contributed by atoms with Gasteiger partial charge in [0.1, 0.15) is 5.75 Å². The van der Waals surface area contributed by atoms with E-state index in [1.54, 1.807) is 36.4 Å². The minimum Gasteiger partial charge on any atom is -0.484 e. The molecule has 114 valence electrons. The number of nitrogens with one attached hydrogen (secondary N) is 1. The van der Waals surface area contributed by atoms with Gasteiger partial charge < -0.3 is 9.47 Å². The van der Waals surface area contributed by atoms with Crippen molar-refractivity contribution < 1.29 is 19.1 Å². The Morgan fingerprint density at radius 1 is 1.05 bits per heavy atom. The molecule has 0 aliphatic carbocycles. The topological polar surface area (TPSA) is 64.6 Å². The summed E-state index contributed by atoms with van der Waals surface area (Å²) in [5.74, 6) is -0.121. The summed E-state index contributed by atoms with van der Waals surface area (Å²) < 4.78 is 12.7. The maximum atomic E-state index is 11.8. The molecule has 0 aliphatic heterocycles. The Morgan fingerprint density at radius 3 is 2.45 bits per heavy atom. The van der Waals surface area contributed by atoms with E-state index in [-0.39, 0.29) is 12.5 Å². The van der Waals surface area contributed by atoms with Crippen LogP contribution in [-0.4, -0.2) is 25.6 Å². The average Bonchev–Trinajstić information content (AvgIpc) is 2.58. The standard InChI is InChI=1S/C16H15NO4S/c1-20-16(19)13-9-5-6-10-14(13)22-17-15(18)11-21-12-7-3-2-4-8-12/h2-10H,11H2,1H3,(H,17,18). The molecule has 0 saturated heterocycles. The molecule has 0 heterocycles. The minimum absolute atomic E-state index is 0.0998. The van der Waals surface area contributed by atoms with Gasteiger partial charge in [0.25, 0.3) is 5.91 Å². The van der Waals surface area contributed by atoms with Crippen LogP contribution >= 0.6 is 11.9 Å². The van der Waals surface area contributed by atoms with E-state index in [9.17, 15) is 9.59 Å². The number of amides is 1. The van der Waals surface area contributed by atoms with Crippen molar-refractivity contribution in [2.24, 2.45) is 0 Å². The van der Waals surface area contributed by atoms with Gasteiger partial charge in [0.15, 0.2) is 6.61 Å². The lowest BCUT2D eigenvalue weighted by Gasteiger charge is -2.09. The number of carbonyl (C=O) groups is 2. The third kappa shape index (κ3) is 4.53. The number of benzene rings is 2. The van der Waals surface area contributed by atoms with Gasteiger partial charge in [-0.05, 0) is 36.2 Å². The third-order valence-electron chi connectivity index (χ3n) is 2.68. The number of hydrogen-bond donors (Lipinski definition) is 1. The van der Waals surface area contributed by atoms with Gasteiger partial charge in [-0.15, -0.1) is 0 Å². The van der Waals surface area contributed by atoms with Crippen LogP contribution in [0, 0.1) is 0 Å². The minimum atomic E-state index is -0.446. The highest BCUT2D eigenvalue weighted by molar-refractivity contribution is 7.98. The molecule has 5 nitrogen and oxygen atoms in total. The summed E-state index contributed by atoms with van der Waals surface area (Å²) in [6.07, 6.45) is 0. The fourth-order valence-electron chi connectivity index (χ4n) is 1.64. The SMILES string of the molecule is COC(=O)c1ccccc1SNC(=O)COc1ccccc1. The molecule has 1 amide bonds. The van der Waals surface area contributed by atoms with Crippen LogP contribution in [0.2, 0.25) is 0 Å². The highest BCUT2D eigenvalue weighted by atomic mass is 32.2. The van der Waals surface area contributed by atoms with E-state index in [2.05, 4.69) is 4.72 Å². The molecule has 0 fully saturated rings. The van der Waals surface area contributed by atoms with Gasteiger partial charge >= 0.3 is 5.97 Å². The lowest BCUT2D eigenvalue weighted by Crippen LogP contribution is -2.23. The molecule has 6 heteroatoms. The van der Waals surface area contributed by atoms with E-state index in [0.717, 1.165) is 11.9 Å². The van der Waals surface area contributed by atoms with E-state index in [1.165, 1.54) is 7.11 Å². The van der Waals surface area contributed by atoms with E-state index < -0.39 is 5.97 Å². The summed E-state index contributed by atoms with van der Waals surface area (Å²) in [7, 11) is 1.32. The van der Waals surface area contributed by atoms with Crippen LogP contribution < -0.4 is 9.46 Å². The number of hydrogen-bond acceptors (Lipinski definition) is 5. The van der Waals surface area contributed by atoms with Gasteiger partial charge in [0, 0.05) is 4.90 Å². The maximum Gasteiger partial charge on any atom is 0.339 e. The predicted octanol–water partition coefficient (Wildman–Crippen LogP) is 2.68. The molecule has 0 spiro atoms. The zero-order valence-electron chi connectivity index (χ0n) is 11.9. The van der Waals surface area contributed by atoms with Crippen LogP contribution in [0.3, 0.4) is 0 Å². The van der Waals surface area contributed by atoms with Crippen LogP contribution in [0.4, 0.5) is 0 Å². The first kappa shape index (κ1) is 15.9. The third-order valence-corrected chi connectivity index (χ3v) is 3.59. The van der Waals surface area contributed by atoms with E-state index in [1.807, 2.05) is 18.2 Å². The molecule has 2 rings (SSSR count). The number of rotatable bonds is 6. The molecular weight excluding hydrogens is 302 g/mol. The Morgan fingerprint density at radius 2 is 1.73 bits per heavy atom. The smallest absolute Gasteiger partial charge is 0.339 e. The molecule has 0 aromatic heterocycles. The zero-order valence-corrected chi connectivity index (χ0v) is 12.8. The molecule has 0 radical (unpaired) electrons. The molecule has 2 aromatic rings. The number of ether oxygens (including phenoxy) is 2. The molecular formula is C16H15NO4S. The number of esters is 1. The summed E-state index contributed by atoms with van der Waals surface area (Å²) in [6.45, 7) is -0.0998. The van der Waals surface area contributed by atoms with Crippen molar-refractivity contribution in [3.63, 3.8) is 0 Å². The summed E-state index contributed by atoms with van der Waals surface area (Å²) in [6, 6.07) is 15.9. The molecule has 1 N–H and O–H groups in total. The monoisotopic (exact) mass is 317 g/mol. The fraction of sp³-hybridized carbons (Fsp3) is 0.125. The lowest BCUT2D eigenvalue weighted by atomic mass is 10.2. The maximum absolute atomic E-state index is 11.8. The highest BCUT2D eigenvalue weighted by Crippen LogP contribution is 2.20. The Bertz CT molecular complexity index is 646. The highest BCUT2D eigenvalue weighted by Gasteiger charge is 2.12. The first-order valence-corrected chi connectivity index (χ1v) is 7.33. The van der Waals surface area contributed by atoms with Crippen molar-refractivity contribution in [1.29, 1.82) is 0 Å². The Hall–Kier alpha value is -2.47. The molecule has 0 bridgehead atoms.